The van der Waals surface area contributed by atoms with Gasteiger partial charge < -0.3 is 15.5 Å². The molecular weight excluding hydrogens is 254 g/mol. The minimum Gasteiger partial charge on any atom is -0.480 e. The molecule has 1 aromatic carbocycles. The van der Waals surface area contributed by atoms with E-state index in [1.54, 1.807) is 11.4 Å². The van der Waals surface area contributed by atoms with Crippen LogP contribution >= 0.6 is 11.3 Å². The predicted octanol–water partition coefficient (Wildman–Crippen LogP) is 1.08. The Labute approximate surface area is 107 Å². The van der Waals surface area contributed by atoms with Gasteiger partial charge in [0.05, 0.1) is 12.2 Å². The predicted molar refractivity (Wildman–Crippen MR) is 67.8 cm³/mol. The molecule has 1 aromatic heterocycles. The van der Waals surface area contributed by atoms with Gasteiger partial charge in [0.2, 0.25) is 0 Å². The number of carboxylic acids is 1. The number of nitrogens with one attached hydrogen (secondary N) is 1. The highest BCUT2D eigenvalue weighted by molar-refractivity contribution is 7.17. The number of aliphatic carboxylic acids is 1. The number of carbonyl (C=O) groups excluding carboxylic acids is 1. The Balaban J connectivity index is 2.26. The van der Waals surface area contributed by atoms with Crippen LogP contribution in [-0.2, 0) is 4.79 Å². The van der Waals surface area contributed by atoms with Crippen LogP contribution in [0, 0.1) is 0 Å². The number of benzene rings is 1. The molecule has 2 aromatic rings. The Morgan fingerprint density at radius 3 is 2.72 bits per heavy atom. The van der Waals surface area contributed by atoms with Crippen LogP contribution in [0.5, 0.6) is 0 Å². The molecule has 0 aliphatic rings. The molecular formula is C12H11NO4S. The highest BCUT2D eigenvalue weighted by atomic mass is 32.1. The lowest BCUT2D eigenvalue weighted by atomic mass is 10.1. The molecule has 0 spiro atoms. The maximum Gasteiger partial charge on any atom is 0.328 e. The Hall–Kier alpha value is -1.92. The molecule has 5 nitrogen and oxygen atoms in total. The normalized spacial score (nSPS) is 12.3. The summed E-state index contributed by atoms with van der Waals surface area (Å²) >= 11 is 1.41. The second kappa shape index (κ2) is 5.16. The third kappa shape index (κ3) is 2.34. The third-order valence-electron chi connectivity index (χ3n) is 2.51. The average Bonchev–Trinajstić information content (AvgIpc) is 2.79. The van der Waals surface area contributed by atoms with E-state index in [2.05, 4.69) is 5.32 Å². The number of hydrogen-bond acceptors (Lipinski definition) is 4. The lowest BCUT2D eigenvalue weighted by Gasteiger charge is -2.10. The van der Waals surface area contributed by atoms with Gasteiger partial charge in [0, 0.05) is 15.5 Å². The molecule has 1 amide bonds. The number of aliphatic hydroxyl groups excluding tert-OH is 1. The summed E-state index contributed by atoms with van der Waals surface area (Å²) in [5, 5.41) is 22.4. The summed E-state index contributed by atoms with van der Waals surface area (Å²) < 4.78 is 0.957. The molecule has 0 bridgehead atoms. The lowest BCUT2D eigenvalue weighted by Crippen LogP contribution is -2.43. The van der Waals surface area contributed by atoms with Crippen molar-refractivity contribution in [1.82, 2.24) is 5.32 Å². The highest BCUT2D eigenvalue weighted by Gasteiger charge is 2.21. The van der Waals surface area contributed by atoms with Crippen LogP contribution in [-0.4, -0.2) is 34.7 Å². The standard InChI is InChI=1S/C12H11NO4S/c14-5-9(12(16)17)13-11(15)8-6-18-10-4-2-1-3-7(8)10/h1-4,6,9,14H,5H2,(H,13,15)(H,16,17). The summed E-state index contributed by atoms with van der Waals surface area (Å²) in [7, 11) is 0. The van der Waals surface area contributed by atoms with E-state index in [0.717, 1.165) is 10.1 Å². The van der Waals surface area contributed by atoms with Gasteiger partial charge in [0.25, 0.3) is 5.91 Å². The smallest absolute Gasteiger partial charge is 0.328 e. The minimum atomic E-state index is -1.28. The van der Waals surface area contributed by atoms with Crippen molar-refractivity contribution in [2.75, 3.05) is 6.61 Å². The summed E-state index contributed by atoms with van der Waals surface area (Å²) in [6.45, 7) is -0.636. The molecule has 0 aliphatic heterocycles. The van der Waals surface area contributed by atoms with Gasteiger partial charge >= 0.3 is 5.97 Å². The number of thiophene rings is 1. The third-order valence-corrected chi connectivity index (χ3v) is 3.48. The van der Waals surface area contributed by atoms with Crippen LogP contribution in [0.1, 0.15) is 10.4 Å². The molecule has 1 heterocycles. The van der Waals surface area contributed by atoms with Crippen LogP contribution in [0.4, 0.5) is 0 Å². The number of carboxylic acid groups (broad SMARTS) is 1. The fourth-order valence-electron chi connectivity index (χ4n) is 1.58. The summed E-state index contributed by atoms with van der Waals surface area (Å²) in [5.41, 5.74) is 0.426. The van der Waals surface area contributed by atoms with E-state index in [4.69, 9.17) is 10.2 Å². The maximum absolute atomic E-state index is 11.9. The van der Waals surface area contributed by atoms with Gasteiger partial charge in [-0.1, -0.05) is 18.2 Å². The van der Waals surface area contributed by atoms with E-state index in [1.807, 2.05) is 18.2 Å². The second-order valence-corrected chi connectivity index (χ2v) is 4.60. The zero-order valence-electron chi connectivity index (χ0n) is 9.29. The van der Waals surface area contributed by atoms with E-state index in [-0.39, 0.29) is 0 Å². The number of fused-ring (bicyclic) bond motifs is 1. The molecule has 3 N–H and O–H groups in total. The molecule has 0 fully saturated rings. The zero-order chi connectivity index (χ0) is 13.1. The van der Waals surface area contributed by atoms with Gasteiger partial charge in [0.15, 0.2) is 6.04 Å². The average molecular weight is 265 g/mol. The molecule has 0 radical (unpaired) electrons. The summed E-state index contributed by atoms with van der Waals surface area (Å²) in [5.74, 6) is -1.75. The van der Waals surface area contributed by atoms with Crippen LogP contribution in [0.2, 0.25) is 0 Å². The van der Waals surface area contributed by atoms with E-state index < -0.39 is 24.5 Å². The van der Waals surface area contributed by atoms with Gasteiger partial charge in [-0.2, -0.15) is 0 Å². The SMILES string of the molecule is O=C(NC(CO)C(=O)O)c1csc2ccccc12. The number of aliphatic hydroxyl groups is 1. The Bertz CT molecular complexity index is 593. The van der Waals surface area contributed by atoms with Crippen molar-refractivity contribution in [1.29, 1.82) is 0 Å². The van der Waals surface area contributed by atoms with Crippen molar-refractivity contribution in [3.05, 3.63) is 35.2 Å². The fourth-order valence-corrected chi connectivity index (χ4v) is 2.52. The zero-order valence-corrected chi connectivity index (χ0v) is 10.1. The summed E-state index contributed by atoms with van der Waals surface area (Å²) in [4.78, 5) is 22.6. The minimum absolute atomic E-state index is 0.426. The van der Waals surface area contributed by atoms with Gasteiger partial charge in [-0.25, -0.2) is 4.79 Å². The quantitative estimate of drug-likeness (QED) is 0.772. The first-order valence-electron chi connectivity index (χ1n) is 5.24. The van der Waals surface area contributed by atoms with E-state index in [1.165, 1.54) is 11.3 Å². The molecule has 6 heteroatoms. The largest absolute Gasteiger partial charge is 0.480 e. The Morgan fingerprint density at radius 2 is 2.06 bits per heavy atom. The van der Waals surface area contributed by atoms with Crippen molar-refractivity contribution in [2.45, 2.75) is 6.04 Å². The van der Waals surface area contributed by atoms with Crippen LogP contribution in [0.25, 0.3) is 10.1 Å². The second-order valence-electron chi connectivity index (χ2n) is 3.69. The van der Waals surface area contributed by atoms with Crippen molar-refractivity contribution < 1.29 is 19.8 Å². The fraction of sp³-hybridized carbons (Fsp3) is 0.167. The van der Waals surface area contributed by atoms with Gasteiger partial charge in [0.1, 0.15) is 0 Å². The number of rotatable bonds is 4. The van der Waals surface area contributed by atoms with E-state index >= 15 is 0 Å². The molecule has 18 heavy (non-hydrogen) atoms. The Morgan fingerprint density at radius 1 is 1.33 bits per heavy atom. The summed E-state index contributed by atoms with van der Waals surface area (Å²) in [6.07, 6.45) is 0. The first-order chi connectivity index (χ1) is 8.63. The molecule has 1 unspecified atom stereocenters. The lowest BCUT2D eigenvalue weighted by molar-refractivity contribution is -0.140. The molecule has 0 saturated heterocycles. The van der Waals surface area contributed by atoms with E-state index in [0.29, 0.717) is 5.56 Å². The monoisotopic (exact) mass is 265 g/mol. The van der Waals surface area contributed by atoms with Gasteiger partial charge in [-0.15, -0.1) is 11.3 Å². The maximum atomic E-state index is 11.9. The topological polar surface area (TPSA) is 86.6 Å². The van der Waals surface area contributed by atoms with Gasteiger partial charge in [-0.05, 0) is 6.07 Å². The molecule has 0 aliphatic carbocycles. The molecule has 1 atom stereocenters. The van der Waals surface area contributed by atoms with Crippen LogP contribution < -0.4 is 5.32 Å². The van der Waals surface area contributed by atoms with Gasteiger partial charge in [-0.3, -0.25) is 4.79 Å². The molecule has 94 valence electrons. The van der Waals surface area contributed by atoms with E-state index in [9.17, 15) is 9.59 Å². The van der Waals surface area contributed by atoms with Crippen molar-refractivity contribution in [2.24, 2.45) is 0 Å². The van der Waals surface area contributed by atoms with Crippen LogP contribution in [0.3, 0.4) is 0 Å². The molecule has 2 rings (SSSR count). The van der Waals surface area contributed by atoms with Crippen molar-refractivity contribution >= 4 is 33.3 Å². The van der Waals surface area contributed by atoms with Crippen LogP contribution in [0.15, 0.2) is 29.6 Å². The Kier molecular flexibility index (Phi) is 3.59. The molecule has 0 saturated carbocycles. The number of amides is 1. The number of hydrogen-bond donors (Lipinski definition) is 3. The van der Waals surface area contributed by atoms with Crippen molar-refractivity contribution in [3.63, 3.8) is 0 Å². The summed E-state index contributed by atoms with van der Waals surface area (Å²) in [6, 6.07) is 6.09. The highest BCUT2D eigenvalue weighted by Crippen LogP contribution is 2.25. The first-order valence-corrected chi connectivity index (χ1v) is 6.12. The first kappa shape index (κ1) is 12.5. The van der Waals surface area contributed by atoms with Crippen molar-refractivity contribution in [3.8, 4) is 0 Å². The number of carbonyl (C=O) groups is 2.